The van der Waals surface area contributed by atoms with Gasteiger partial charge in [-0.1, -0.05) is 40.2 Å². The molecular weight excluding hydrogens is 374 g/mol. The maximum absolute atomic E-state index is 5.89. The van der Waals surface area contributed by atoms with Crippen LogP contribution in [0.25, 0.3) is 0 Å². The summed E-state index contributed by atoms with van der Waals surface area (Å²) in [5.41, 5.74) is 4.76. The molecule has 6 heteroatoms. The van der Waals surface area contributed by atoms with E-state index in [0.717, 1.165) is 27.9 Å². The second-order valence-corrected chi connectivity index (χ2v) is 6.01. The molecule has 2 rings (SSSR count). The van der Waals surface area contributed by atoms with Crippen LogP contribution in [0, 0.1) is 0 Å². The van der Waals surface area contributed by atoms with E-state index in [1.54, 1.807) is 6.21 Å². The van der Waals surface area contributed by atoms with Crippen LogP contribution in [0.3, 0.4) is 0 Å². The molecule has 0 unspecified atom stereocenters. The van der Waals surface area contributed by atoms with Crippen molar-refractivity contribution in [2.24, 2.45) is 5.10 Å². The van der Waals surface area contributed by atoms with Crippen LogP contribution in [-0.2, 0) is 6.61 Å². The van der Waals surface area contributed by atoms with E-state index in [1.165, 1.54) is 0 Å². The Kier molecular flexibility index (Phi) is 7.03. The number of hydrogen-bond donors (Lipinski definition) is 2. The summed E-state index contributed by atoms with van der Waals surface area (Å²) < 4.78 is 6.94. The van der Waals surface area contributed by atoms with E-state index in [4.69, 9.17) is 17.0 Å². The van der Waals surface area contributed by atoms with Crippen LogP contribution >= 0.6 is 28.1 Å². The summed E-state index contributed by atoms with van der Waals surface area (Å²) in [7, 11) is 0. The summed E-state index contributed by atoms with van der Waals surface area (Å²) in [6, 6.07) is 15.8. The molecule has 4 nitrogen and oxygen atoms in total. The number of rotatable bonds is 6. The van der Waals surface area contributed by atoms with E-state index in [9.17, 15) is 0 Å². The molecule has 0 amide bonds. The van der Waals surface area contributed by atoms with Gasteiger partial charge in [0.15, 0.2) is 5.11 Å². The smallest absolute Gasteiger partial charge is 0.186 e. The van der Waals surface area contributed by atoms with E-state index in [2.05, 4.69) is 31.8 Å². The molecule has 0 aliphatic rings. The van der Waals surface area contributed by atoms with Gasteiger partial charge in [-0.05, 0) is 49.0 Å². The topological polar surface area (TPSA) is 45.7 Å². The Morgan fingerprint density at radius 2 is 1.96 bits per heavy atom. The van der Waals surface area contributed by atoms with E-state index >= 15 is 0 Å². The second-order valence-electron chi connectivity index (χ2n) is 4.68. The lowest BCUT2D eigenvalue weighted by molar-refractivity contribution is 0.306. The van der Waals surface area contributed by atoms with E-state index in [1.807, 2.05) is 55.5 Å². The molecule has 23 heavy (non-hydrogen) atoms. The molecule has 0 bridgehead atoms. The zero-order valence-electron chi connectivity index (χ0n) is 12.8. The van der Waals surface area contributed by atoms with Gasteiger partial charge in [-0.3, -0.25) is 5.43 Å². The van der Waals surface area contributed by atoms with Crippen molar-refractivity contribution in [2.45, 2.75) is 13.5 Å². The fraction of sp³-hybridized carbons (Fsp3) is 0.176. The zero-order chi connectivity index (χ0) is 16.5. The summed E-state index contributed by atoms with van der Waals surface area (Å²) in [6.07, 6.45) is 1.69. The van der Waals surface area contributed by atoms with Gasteiger partial charge in [-0.15, -0.1) is 0 Å². The van der Waals surface area contributed by atoms with Gasteiger partial charge in [0.2, 0.25) is 0 Å². The number of ether oxygens (including phenoxy) is 1. The third kappa shape index (κ3) is 6.00. The number of halogens is 1. The average Bonchev–Trinajstić information content (AvgIpc) is 2.56. The standard InChI is InChI=1S/C17H18BrN3OS/c1-2-19-17(23)21-20-11-14-5-3-4-6-16(14)22-12-13-7-9-15(18)10-8-13/h3-11H,2,12H2,1H3,(H2,19,21,23)/b20-11-. The minimum Gasteiger partial charge on any atom is -0.488 e. The predicted octanol–water partition coefficient (Wildman–Crippen LogP) is 3.85. The molecule has 0 fully saturated rings. The Labute approximate surface area is 150 Å². The SMILES string of the molecule is CCNC(=S)N/N=C\c1ccccc1OCc1ccc(Br)cc1. The van der Waals surface area contributed by atoms with Crippen molar-refractivity contribution >= 4 is 39.5 Å². The fourth-order valence-electron chi connectivity index (χ4n) is 1.82. The van der Waals surface area contributed by atoms with Gasteiger partial charge in [0, 0.05) is 16.6 Å². The highest BCUT2D eigenvalue weighted by Crippen LogP contribution is 2.18. The van der Waals surface area contributed by atoms with Crippen LogP contribution in [0.5, 0.6) is 5.75 Å². The van der Waals surface area contributed by atoms with E-state index in [0.29, 0.717) is 11.7 Å². The Morgan fingerprint density at radius 1 is 1.22 bits per heavy atom. The van der Waals surface area contributed by atoms with Crippen LogP contribution in [0.15, 0.2) is 58.1 Å². The molecule has 0 spiro atoms. The highest BCUT2D eigenvalue weighted by atomic mass is 79.9. The van der Waals surface area contributed by atoms with Gasteiger partial charge in [0.05, 0.1) is 6.21 Å². The first kappa shape index (κ1) is 17.4. The zero-order valence-corrected chi connectivity index (χ0v) is 15.2. The van der Waals surface area contributed by atoms with Gasteiger partial charge >= 0.3 is 0 Å². The Balaban J connectivity index is 1.98. The monoisotopic (exact) mass is 391 g/mol. The van der Waals surface area contributed by atoms with Crippen molar-refractivity contribution in [2.75, 3.05) is 6.54 Å². The summed E-state index contributed by atoms with van der Waals surface area (Å²) >= 11 is 8.48. The molecule has 0 aliphatic heterocycles. The molecule has 0 radical (unpaired) electrons. The molecule has 0 aliphatic carbocycles. The minimum atomic E-state index is 0.497. The first-order chi connectivity index (χ1) is 11.2. The van der Waals surface area contributed by atoms with Gasteiger partial charge in [0.25, 0.3) is 0 Å². The van der Waals surface area contributed by atoms with Gasteiger partial charge in [0.1, 0.15) is 12.4 Å². The van der Waals surface area contributed by atoms with Crippen LogP contribution in [0.2, 0.25) is 0 Å². The van der Waals surface area contributed by atoms with Crippen molar-refractivity contribution in [1.29, 1.82) is 0 Å². The minimum absolute atomic E-state index is 0.497. The number of hydrazone groups is 1. The molecule has 0 atom stereocenters. The maximum Gasteiger partial charge on any atom is 0.186 e. The highest BCUT2D eigenvalue weighted by molar-refractivity contribution is 9.10. The van der Waals surface area contributed by atoms with Crippen LogP contribution in [0.1, 0.15) is 18.1 Å². The molecule has 0 heterocycles. The van der Waals surface area contributed by atoms with Crippen molar-refractivity contribution < 1.29 is 4.74 Å². The average molecular weight is 392 g/mol. The quantitative estimate of drug-likeness (QED) is 0.446. The van der Waals surface area contributed by atoms with Crippen molar-refractivity contribution in [3.63, 3.8) is 0 Å². The Bertz CT molecular complexity index is 674. The van der Waals surface area contributed by atoms with E-state index in [-0.39, 0.29) is 0 Å². The van der Waals surface area contributed by atoms with Gasteiger partial charge < -0.3 is 10.1 Å². The number of hydrogen-bond acceptors (Lipinski definition) is 3. The summed E-state index contributed by atoms with van der Waals surface area (Å²) in [5, 5.41) is 7.59. The van der Waals surface area contributed by atoms with E-state index < -0.39 is 0 Å². The molecule has 2 aromatic rings. The first-order valence-electron chi connectivity index (χ1n) is 7.22. The molecule has 0 saturated heterocycles. The molecule has 2 N–H and O–H groups in total. The molecule has 2 aromatic carbocycles. The lowest BCUT2D eigenvalue weighted by Gasteiger charge is -2.09. The first-order valence-corrected chi connectivity index (χ1v) is 8.42. The molecule has 0 saturated carbocycles. The van der Waals surface area contributed by atoms with Gasteiger partial charge in [-0.25, -0.2) is 0 Å². The van der Waals surface area contributed by atoms with Crippen molar-refractivity contribution in [1.82, 2.24) is 10.7 Å². The largest absolute Gasteiger partial charge is 0.488 e. The Hall–Kier alpha value is -1.92. The molecule has 0 aromatic heterocycles. The summed E-state index contributed by atoms with van der Waals surface area (Å²) in [6.45, 7) is 3.23. The van der Waals surface area contributed by atoms with Crippen molar-refractivity contribution in [3.05, 3.63) is 64.1 Å². The normalized spacial score (nSPS) is 10.5. The number of nitrogens with zero attached hydrogens (tertiary/aromatic N) is 1. The maximum atomic E-state index is 5.89. The lowest BCUT2D eigenvalue weighted by Crippen LogP contribution is -2.31. The number of para-hydroxylation sites is 1. The second kappa shape index (κ2) is 9.27. The summed E-state index contributed by atoms with van der Waals surface area (Å²) in [4.78, 5) is 0. The number of nitrogens with one attached hydrogen (secondary N) is 2. The number of thiocarbonyl (C=S) groups is 1. The lowest BCUT2D eigenvalue weighted by atomic mass is 10.2. The Morgan fingerprint density at radius 3 is 2.70 bits per heavy atom. The number of benzene rings is 2. The third-order valence-corrected chi connectivity index (χ3v) is 3.70. The highest BCUT2D eigenvalue weighted by Gasteiger charge is 2.01. The summed E-state index contributed by atoms with van der Waals surface area (Å²) in [5.74, 6) is 0.773. The molecular formula is C17H18BrN3OS. The molecule has 120 valence electrons. The fourth-order valence-corrected chi connectivity index (χ4v) is 2.28. The van der Waals surface area contributed by atoms with Crippen LogP contribution in [-0.4, -0.2) is 17.9 Å². The third-order valence-electron chi connectivity index (χ3n) is 2.93. The van der Waals surface area contributed by atoms with Crippen LogP contribution < -0.4 is 15.5 Å². The van der Waals surface area contributed by atoms with Gasteiger partial charge in [-0.2, -0.15) is 5.10 Å². The predicted molar refractivity (Wildman–Crippen MR) is 102 cm³/mol. The van der Waals surface area contributed by atoms with Crippen molar-refractivity contribution in [3.8, 4) is 5.75 Å². The van der Waals surface area contributed by atoms with Crippen LogP contribution in [0.4, 0.5) is 0 Å².